The standard InChI is InChI=1S/C20H21FN2O2/c1-13(2)19(14-7-4-3-5-8-14)22-20(24)18-12-17(23-25-18)15-9-6-10-16(21)11-15/h3-11,13,18-19H,12H2,1-2H3,(H,22,24)/t18-,19+/m1/s1. The fourth-order valence-corrected chi connectivity index (χ4v) is 2.90. The summed E-state index contributed by atoms with van der Waals surface area (Å²) in [5.74, 6) is -0.314. The predicted octanol–water partition coefficient (Wildman–Crippen LogP) is 3.83. The van der Waals surface area contributed by atoms with Gasteiger partial charge in [0.15, 0.2) is 0 Å². The van der Waals surface area contributed by atoms with Gasteiger partial charge in [0.1, 0.15) is 5.82 Å². The number of nitrogens with one attached hydrogen (secondary N) is 1. The summed E-state index contributed by atoms with van der Waals surface area (Å²) in [7, 11) is 0. The Kier molecular flexibility index (Phi) is 5.12. The van der Waals surface area contributed by atoms with Gasteiger partial charge in [0.05, 0.1) is 11.8 Å². The number of nitrogens with zero attached hydrogens (tertiary/aromatic N) is 1. The van der Waals surface area contributed by atoms with Crippen LogP contribution in [0.4, 0.5) is 4.39 Å². The summed E-state index contributed by atoms with van der Waals surface area (Å²) in [6, 6.07) is 15.9. The molecular formula is C20H21FN2O2. The number of halogens is 1. The molecule has 5 heteroatoms. The summed E-state index contributed by atoms with van der Waals surface area (Å²) in [6.45, 7) is 4.12. The van der Waals surface area contributed by atoms with Gasteiger partial charge in [0.2, 0.25) is 6.10 Å². The topological polar surface area (TPSA) is 50.7 Å². The molecule has 2 aromatic carbocycles. The van der Waals surface area contributed by atoms with E-state index in [4.69, 9.17) is 4.84 Å². The number of oxime groups is 1. The highest BCUT2D eigenvalue weighted by Crippen LogP contribution is 2.23. The fraction of sp³-hybridized carbons (Fsp3) is 0.300. The van der Waals surface area contributed by atoms with Crippen LogP contribution in [0.2, 0.25) is 0 Å². The molecule has 2 atom stereocenters. The zero-order chi connectivity index (χ0) is 17.8. The van der Waals surface area contributed by atoms with Crippen molar-refractivity contribution >= 4 is 11.6 Å². The summed E-state index contributed by atoms with van der Waals surface area (Å²) < 4.78 is 13.3. The lowest BCUT2D eigenvalue weighted by atomic mass is 9.95. The van der Waals surface area contributed by atoms with Gasteiger partial charge >= 0.3 is 0 Å². The van der Waals surface area contributed by atoms with E-state index in [2.05, 4.69) is 24.3 Å². The average molecular weight is 340 g/mol. The van der Waals surface area contributed by atoms with Gasteiger partial charge in [0.25, 0.3) is 5.91 Å². The van der Waals surface area contributed by atoms with Crippen LogP contribution in [0.3, 0.4) is 0 Å². The van der Waals surface area contributed by atoms with E-state index in [1.54, 1.807) is 12.1 Å². The predicted molar refractivity (Wildman–Crippen MR) is 94.6 cm³/mol. The Morgan fingerprint density at radius 1 is 1.20 bits per heavy atom. The maximum atomic E-state index is 13.3. The minimum absolute atomic E-state index is 0.101. The average Bonchev–Trinajstić information content (AvgIpc) is 3.10. The third-order valence-corrected chi connectivity index (χ3v) is 4.24. The first-order chi connectivity index (χ1) is 12.0. The number of amides is 1. The van der Waals surface area contributed by atoms with Crippen LogP contribution in [0.1, 0.15) is 37.4 Å². The number of benzene rings is 2. The molecule has 4 nitrogen and oxygen atoms in total. The van der Waals surface area contributed by atoms with Crippen LogP contribution >= 0.6 is 0 Å². The summed E-state index contributed by atoms with van der Waals surface area (Å²) in [6.07, 6.45) is -0.363. The van der Waals surface area contributed by atoms with Gasteiger partial charge in [0, 0.05) is 12.0 Å². The molecule has 0 fully saturated rings. The van der Waals surface area contributed by atoms with Crippen LogP contribution < -0.4 is 5.32 Å². The van der Waals surface area contributed by atoms with Crippen LogP contribution in [-0.2, 0) is 9.63 Å². The van der Waals surface area contributed by atoms with Gasteiger partial charge < -0.3 is 10.2 Å². The fourth-order valence-electron chi connectivity index (χ4n) is 2.90. The second-order valence-corrected chi connectivity index (χ2v) is 6.49. The second-order valence-electron chi connectivity index (χ2n) is 6.49. The van der Waals surface area contributed by atoms with E-state index in [1.165, 1.54) is 12.1 Å². The monoisotopic (exact) mass is 340 g/mol. The van der Waals surface area contributed by atoms with E-state index in [1.807, 2.05) is 30.3 Å². The maximum Gasteiger partial charge on any atom is 0.264 e. The molecule has 1 aliphatic rings. The largest absolute Gasteiger partial charge is 0.382 e. The van der Waals surface area contributed by atoms with Crippen molar-refractivity contribution in [2.24, 2.45) is 11.1 Å². The van der Waals surface area contributed by atoms with Crippen molar-refractivity contribution in [1.82, 2.24) is 5.32 Å². The molecule has 3 rings (SSSR count). The maximum absolute atomic E-state index is 13.3. The molecule has 0 radical (unpaired) electrons. The molecule has 130 valence electrons. The molecule has 0 saturated heterocycles. The highest BCUT2D eigenvalue weighted by atomic mass is 19.1. The molecule has 1 heterocycles. The first-order valence-electron chi connectivity index (χ1n) is 8.38. The van der Waals surface area contributed by atoms with E-state index in [9.17, 15) is 9.18 Å². The van der Waals surface area contributed by atoms with Crippen molar-refractivity contribution < 1.29 is 14.0 Å². The van der Waals surface area contributed by atoms with Crippen molar-refractivity contribution in [2.75, 3.05) is 0 Å². The number of carbonyl (C=O) groups excluding carboxylic acids is 1. The second kappa shape index (κ2) is 7.47. The van der Waals surface area contributed by atoms with Crippen molar-refractivity contribution in [1.29, 1.82) is 0 Å². The third kappa shape index (κ3) is 4.05. The molecule has 1 N–H and O–H groups in total. The van der Waals surface area contributed by atoms with Crippen molar-refractivity contribution in [2.45, 2.75) is 32.4 Å². The molecule has 2 aromatic rings. The molecule has 0 saturated carbocycles. The number of hydrogen-bond donors (Lipinski definition) is 1. The number of carbonyl (C=O) groups is 1. The Hall–Kier alpha value is -2.69. The highest BCUT2D eigenvalue weighted by Gasteiger charge is 2.31. The number of rotatable bonds is 5. The Balaban J connectivity index is 1.66. The lowest BCUT2D eigenvalue weighted by Gasteiger charge is -2.24. The van der Waals surface area contributed by atoms with Gasteiger partial charge in [-0.05, 0) is 23.6 Å². The molecule has 0 unspecified atom stereocenters. The molecule has 0 aromatic heterocycles. The molecule has 1 amide bonds. The SMILES string of the molecule is CC(C)[C@H](NC(=O)[C@H]1CC(c2cccc(F)c2)=NO1)c1ccccc1. The summed E-state index contributed by atoms with van der Waals surface area (Å²) in [5.41, 5.74) is 2.27. The molecule has 0 aliphatic carbocycles. The van der Waals surface area contributed by atoms with Crippen LogP contribution in [0.15, 0.2) is 59.8 Å². The van der Waals surface area contributed by atoms with Crippen LogP contribution in [0, 0.1) is 11.7 Å². The summed E-state index contributed by atoms with van der Waals surface area (Å²) in [5, 5.41) is 7.01. The minimum atomic E-state index is -0.691. The van der Waals surface area contributed by atoms with Crippen molar-refractivity contribution in [3.63, 3.8) is 0 Å². The molecule has 1 aliphatic heterocycles. The van der Waals surface area contributed by atoms with E-state index in [0.29, 0.717) is 17.7 Å². The zero-order valence-electron chi connectivity index (χ0n) is 14.3. The summed E-state index contributed by atoms with van der Waals surface area (Å²) >= 11 is 0. The summed E-state index contributed by atoms with van der Waals surface area (Å²) in [4.78, 5) is 17.9. The minimum Gasteiger partial charge on any atom is -0.382 e. The van der Waals surface area contributed by atoms with Gasteiger partial charge in [-0.15, -0.1) is 0 Å². The lowest BCUT2D eigenvalue weighted by molar-refractivity contribution is -0.132. The first-order valence-corrected chi connectivity index (χ1v) is 8.38. The molecule has 0 spiro atoms. The van der Waals surface area contributed by atoms with Crippen molar-refractivity contribution in [3.05, 3.63) is 71.5 Å². The molecule has 25 heavy (non-hydrogen) atoms. The van der Waals surface area contributed by atoms with Gasteiger partial charge in [-0.2, -0.15) is 0 Å². The Labute approximate surface area is 146 Å². The van der Waals surface area contributed by atoms with E-state index >= 15 is 0 Å². The first kappa shape index (κ1) is 17.1. The molecular weight excluding hydrogens is 319 g/mol. The quantitative estimate of drug-likeness (QED) is 0.899. The molecule has 0 bridgehead atoms. The Bertz CT molecular complexity index is 774. The Morgan fingerprint density at radius 2 is 1.96 bits per heavy atom. The van der Waals surface area contributed by atoms with Crippen LogP contribution in [0.25, 0.3) is 0 Å². The van der Waals surface area contributed by atoms with Gasteiger partial charge in [-0.3, -0.25) is 4.79 Å². The Morgan fingerprint density at radius 3 is 2.64 bits per heavy atom. The lowest BCUT2D eigenvalue weighted by Crippen LogP contribution is -2.39. The van der Waals surface area contributed by atoms with E-state index in [-0.39, 0.29) is 23.7 Å². The van der Waals surface area contributed by atoms with E-state index < -0.39 is 6.10 Å². The number of hydrogen-bond acceptors (Lipinski definition) is 3. The van der Waals surface area contributed by atoms with Crippen LogP contribution in [-0.4, -0.2) is 17.7 Å². The van der Waals surface area contributed by atoms with Gasteiger partial charge in [-0.25, -0.2) is 4.39 Å². The smallest absolute Gasteiger partial charge is 0.264 e. The van der Waals surface area contributed by atoms with Gasteiger partial charge in [-0.1, -0.05) is 61.5 Å². The highest BCUT2D eigenvalue weighted by molar-refractivity contribution is 6.04. The van der Waals surface area contributed by atoms with Crippen LogP contribution in [0.5, 0.6) is 0 Å². The zero-order valence-corrected chi connectivity index (χ0v) is 14.3. The third-order valence-electron chi connectivity index (χ3n) is 4.24. The van der Waals surface area contributed by atoms with E-state index in [0.717, 1.165) is 5.56 Å². The van der Waals surface area contributed by atoms with Crippen molar-refractivity contribution in [3.8, 4) is 0 Å². The normalized spacial score (nSPS) is 17.8.